The predicted octanol–water partition coefficient (Wildman–Crippen LogP) is 1.97. The number of aromatic nitrogens is 2. The Balaban J connectivity index is 2.13. The molecule has 5 N–H and O–H groups in total. The van der Waals surface area contributed by atoms with Crippen LogP contribution < -0.4 is 11.1 Å². The van der Waals surface area contributed by atoms with Gasteiger partial charge in [0.2, 0.25) is 0 Å². The fraction of sp³-hybridized carbons (Fsp3) is 0.462. The maximum absolute atomic E-state index is 9.00. The average molecular weight is 248 g/mol. The summed E-state index contributed by atoms with van der Waals surface area (Å²) in [4.78, 5) is 0. The van der Waals surface area contributed by atoms with Gasteiger partial charge in [-0.2, -0.15) is 5.10 Å². The standard InChI is InChI=1S/C13H20N4O/c1-13(2,3-4-18)8-15-12-6-11-9(5-10(12)14)7-16-17-11/h5-7,15,18H,3-4,8,14H2,1-2H3,(H,16,17). The van der Waals surface area contributed by atoms with Gasteiger partial charge in [-0.3, -0.25) is 5.10 Å². The quantitative estimate of drug-likeness (QED) is 0.609. The van der Waals surface area contributed by atoms with Gasteiger partial charge in [0, 0.05) is 18.5 Å². The highest BCUT2D eigenvalue weighted by molar-refractivity contribution is 5.88. The third-order valence-electron chi connectivity index (χ3n) is 3.16. The molecule has 98 valence electrons. The number of hydrogen-bond donors (Lipinski definition) is 4. The summed E-state index contributed by atoms with van der Waals surface area (Å²) in [5, 5.41) is 20.2. The summed E-state index contributed by atoms with van der Waals surface area (Å²) in [5.74, 6) is 0. The number of aromatic amines is 1. The van der Waals surface area contributed by atoms with Crippen molar-refractivity contribution in [2.24, 2.45) is 5.41 Å². The van der Waals surface area contributed by atoms with E-state index in [2.05, 4.69) is 29.4 Å². The predicted molar refractivity (Wildman–Crippen MR) is 74.5 cm³/mol. The summed E-state index contributed by atoms with van der Waals surface area (Å²) in [6.07, 6.45) is 2.51. The Kier molecular flexibility index (Phi) is 3.43. The lowest BCUT2D eigenvalue weighted by atomic mass is 9.89. The molecule has 0 atom stereocenters. The molecule has 5 nitrogen and oxygen atoms in total. The molecule has 1 aromatic carbocycles. The van der Waals surface area contributed by atoms with E-state index in [9.17, 15) is 0 Å². The number of aliphatic hydroxyl groups is 1. The van der Waals surface area contributed by atoms with Crippen LogP contribution in [0.1, 0.15) is 20.3 Å². The number of rotatable bonds is 5. The lowest BCUT2D eigenvalue weighted by Gasteiger charge is -2.25. The van der Waals surface area contributed by atoms with Gasteiger partial charge >= 0.3 is 0 Å². The number of anilines is 2. The van der Waals surface area contributed by atoms with Crippen molar-refractivity contribution in [1.82, 2.24) is 10.2 Å². The Hall–Kier alpha value is -1.75. The summed E-state index contributed by atoms with van der Waals surface area (Å²) in [6.45, 7) is 5.18. The minimum absolute atomic E-state index is 0.0319. The van der Waals surface area contributed by atoms with Gasteiger partial charge in [-0.1, -0.05) is 13.8 Å². The van der Waals surface area contributed by atoms with Gasteiger partial charge in [0.25, 0.3) is 0 Å². The number of fused-ring (bicyclic) bond motifs is 1. The van der Waals surface area contributed by atoms with E-state index in [1.807, 2.05) is 12.1 Å². The van der Waals surface area contributed by atoms with Crippen LogP contribution in [-0.2, 0) is 0 Å². The van der Waals surface area contributed by atoms with Crippen molar-refractivity contribution in [1.29, 1.82) is 0 Å². The van der Waals surface area contributed by atoms with Crippen LogP contribution in [0.4, 0.5) is 11.4 Å². The topological polar surface area (TPSA) is 87.0 Å². The first-order valence-electron chi connectivity index (χ1n) is 6.09. The Bertz CT molecular complexity index is 533. The van der Waals surface area contributed by atoms with Gasteiger partial charge in [0.15, 0.2) is 0 Å². The smallest absolute Gasteiger partial charge is 0.0672 e. The molecule has 0 aliphatic carbocycles. The molecule has 0 radical (unpaired) electrons. The second kappa shape index (κ2) is 4.86. The van der Waals surface area contributed by atoms with Crippen molar-refractivity contribution in [3.63, 3.8) is 0 Å². The molecule has 0 amide bonds. The molecule has 0 saturated heterocycles. The van der Waals surface area contributed by atoms with Crippen LogP contribution >= 0.6 is 0 Å². The van der Waals surface area contributed by atoms with Crippen LogP contribution in [0.25, 0.3) is 10.9 Å². The third-order valence-corrected chi connectivity index (χ3v) is 3.16. The van der Waals surface area contributed by atoms with Crippen molar-refractivity contribution in [3.8, 4) is 0 Å². The SMILES string of the molecule is CC(C)(CCO)CNc1cc2[nH]ncc2cc1N. The van der Waals surface area contributed by atoms with Gasteiger partial charge in [-0.25, -0.2) is 0 Å². The molecule has 1 aromatic heterocycles. The molecule has 0 unspecified atom stereocenters. The van der Waals surface area contributed by atoms with Crippen molar-refractivity contribution in [3.05, 3.63) is 18.3 Å². The van der Waals surface area contributed by atoms with E-state index in [0.29, 0.717) is 5.69 Å². The van der Waals surface area contributed by atoms with Crippen LogP contribution in [0.3, 0.4) is 0 Å². The molecule has 2 aromatic rings. The van der Waals surface area contributed by atoms with Crippen molar-refractivity contribution >= 4 is 22.3 Å². The fourth-order valence-corrected chi connectivity index (χ4v) is 1.89. The number of nitrogen functional groups attached to an aromatic ring is 1. The number of hydrogen-bond acceptors (Lipinski definition) is 4. The summed E-state index contributed by atoms with van der Waals surface area (Å²) in [5.41, 5.74) is 8.60. The molecule has 0 spiro atoms. The van der Waals surface area contributed by atoms with Gasteiger partial charge < -0.3 is 16.2 Å². The molecule has 18 heavy (non-hydrogen) atoms. The fourth-order valence-electron chi connectivity index (χ4n) is 1.89. The number of nitrogens with two attached hydrogens (primary N) is 1. The molecule has 0 saturated carbocycles. The Morgan fingerprint density at radius 1 is 1.44 bits per heavy atom. The normalized spacial score (nSPS) is 11.9. The number of nitrogens with one attached hydrogen (secondary N) is 2. The summed E-state index contributed by atoms with van der Waals surface area (Å²) < 4.78 is 0. The lowest BCUT2D eigenvalue weighted by Crippen LogP contribution is -2.24. The summed E-state index contributed by atoms with van der Waals surface area (Å²) >= 11 is 0. The number of benzene rings is 1. The van der Waals surface area contributed by atoms with E-state index in [0.717, 1.165) is 29.6 Å². The first-order chi connectivity index (χ1) is 8.52. The molecule has 0 bridgehead atoms. The third kappa shape index (κ3) is 2.73. The minimum Gasteiger partial charge on any atom is -0.397 e. The van der Waals surface area contributed by atoms with E-state index < -0.39 is 0 Å². The maximum Gasteiger partial charge on any atom is 0.0672 e. The van der Waals surface area contributed by atoms with Gasteiger partial charge in [0.1, 0.15) is 0 Å². The lowest BCUT2D eigenvalue weighted by molar-refractivity contribution is 0.220. The zero-order valence-corrected chi connectivity index (χ0v) is 10.8. The van der Waals surface area contributed by atoms with Crippen LogP contribution in [0.2, 0.25) is 0 Å². The highest BCUT2D eigenvalue weighted by atomic mass is 16.3. The Labute approximate surface area is 106 Å². The molecule has 0 aliphatic heterocycles. The highest BCUT2D eigenvalue weighted by Crippen LogP contribution is 2.27. The van der Waals surface area contributed by atoms with E-state index in [1.54, 1.807) is 6.20 Å². The van der Waals surface area contributed by atoms with E-state index >= 15 is 0 Å². The molecule has 2 rings (SSSR count). The number of aliphatic hydroxyl groups excluding tert-OH is 1. The van der Waals surface area contributed by atoms with E-state index in [4.69, 9.17) is 10.8 Å². The molecule has 1 heterocycles. The first kappa shape index (κ1) is 12.7. The van der Waals surface area contributed by atoms with Crippen LogP contribution in [-0.4, -0.2) is 28.5 Å². The molecular weight excluding hydrogens is 228 g/mol. The van der Waals surface area contributed by atoms with Crippen LogP contribution in [0, 0.1) is 5.41 Å². The average Bonchev–Trinajstić information content (AvgIpc) is 2.72. The Morgan fingerprint density at radius 2 is 2.22 bits per heavy atom. The minimum atomic E-state index is 0.0319. The monoisotopic (exact) mass is 248 g/mol. The molecule has 5 heteroatoms. The second-order valence-corrected chi connectivity index (χ2v) is 5.39. The molecule has 0 fully saturated rings. The zero-order chi connectivity index (χ0) is 13.2. The number of H-pyrrole nitrogens is 1. The largest absolute Gasteiger partial charge is 0.397 e. The van der Waals surface area contributed by atoms with Crippen molar-refractivity contribution < 1.29 is 5.11 Å². The van der Waals surface area contributed by atoms with E-state index in [-0.39, 0.29) is 12.0 Å². The van der Waals surface area contributed by atoms with Crippen LogP contribution in [0.5, 0.6) is 0 Å². The Morgan fingerprint density at radius 3 is 2.94 bits per heavy atom. The van der Waals surface area contributed by atoms with E-state index in [1.165, 1.54) is 0 Å². The highest BCUT2D eigenvalue weighted by Gasteiger charge is 2.17. The van der Waals surface area contributed by atoms with Crippen molar-refractivity contribution in [2.75, 3.05) is 24.2 Å². The van der Waals surface area contributed by atoms with Crippen LogP contribution in [0.15, 0.2) is 18.3 Å². The number of nitrogens with zero attached hydrogens (tertiary/aromatic N) is 1. The summed E-state index contributed by atoms with van der Waals surface area (Å²) in [6, 6.07) is 3.87. The molecule has 0 aliphatic rings. The summed E-state index contributed by atoms with van der Waals surface area (Å²) in [7, 11) is 0. The zero-order valence-electron chi connectivity index (χ0n) is 10.8. The van der Waals surface area contributed by atoms with Gasteiger partial charge in [-0.05, 0) is 24.0 Å². The van der Waals surface area contributed by atoms with Gasteiger partial charge in [0.05, 0.1) is 23.1 Å². The second-order valence-electron chi connectivity index (χ2n) is 5.39. The van der Waals surface area contributed by atoms with Gasteiger partial charge in [-0.15, -0.1) is 0 Å². The molecular formula is C13H20N4O. The maximum atomic E-state index is 9.00. The first-order valence-corrected chi connectivity index (χ1v) is 6.09. The van der Waals surface area contributed by atoms with Crippen molar-refractivity contribution in [2.45, 2.75) is 20.3 Å².